The Morgan fingerprint density at radius 1 is 0.941 bits per heavy atom. The van der Waals surface area contributed by atoms with Gasteiger partial charge in [0.05, 0.1) is 10.6 Å². The van der Waals surface area contributed by atoms with Crippen molar-refractivity contribution in [3.8, 4) is 0 Å². The van der Waals surface area contributed by atoms with Gasteiger partial charge in [-0.3, -0.25) is 4.79 Å². The standard InChI is InChI=1S/C26H27N3O3S2/c1-2-19-33-25-14-7-6-13-24(25)27-26(30)21-9-8-12-23(20-21)34(31,32)29-17-15-28(16-18-29)22-10-4-3-5-11-22/h2-14,20H,1,15-19H2,(H,27,30). The van der Waals surface area contributed by atoms with Crippen molar-refractivity contribution in [3.63, 3.8) is 0 Å². The highest BCUT2D eigenvalue weighted by molar-refractivity contribution is 7.99. The molecule has 0 unspecified atom stereocenters. The molecule has 176 valence electrons. The summed E-state index contributed by atoms with van der Waals surface area (Å²) < 4.78 is 28.1. The molecule has 1 N–H and O–H groups in total. The number of nitrogens with one attached hydrogen (secondary N) is 1. The number of anilines is 2. The maximum atomic E-state index is 13.3. The number of carbonyl (C=O) groups excluding carboxylic acids is 1. The second-order valence-electron chi connectivity index (χ2n) is 7.80. The van der Waals surface area contributed by atoms with E-state index >= 15 is 0 Å². The lowest BCUT2D eigenvalue weighted by Gasteiger charge is -2.35. The Morgan fingerprint density at radius 2 is 1.65 bits per heavy atom. The van der Waals surface area contributed by atoms with Crippen molar-refractivity contribution in [2.24, 2.45) is 0 Å². The van der Waals surface area contributed by atoms with Crippen LogP contribution in [0.1, 0.15) is 10.4 Å². The van der Waals surface area contributed by atoms with Gasteiger partial charge in [-0.1, -0.05) is 42.5 Å². The molecule has 0 aromatic heterocycles. The lowest BCUT2D eigenvalue weighted by Crippen LogP contribution is -2.48. The first kappa shape index (κ1) is 24.1. The van der Waals surface area contributed by atoms with Crippen LogP contribution in [-0.4, -0.2) is 50.6 Å². The molecular weight excluding hydrogens is 466 g/mol. The van der Waals surface area contributed by atoms with E-state index in [0.29, 0.717) is 37.4 Å². The quantitative estimate of drug-likeness (QED) is 0.363. The van der Waals surface area contributed by atoms with E-state index in [-0.39, 0.29) is 10.8 Å². The van der Waals surface area contributed by atoms with Gasteiger partial charge in [-0.05, 0) is 42.5 Å². The van der Waals surface area contributed by atoms with E-state index in [2.05, 4.69) is 16.8 Å². The fourth-order valence-electron chi connectivity index (χ4n) is 3.81. The third kappa shape index (κ3) is 5.52. The fourth-order valence-corrected chi connectivity index (χ4v) is 6.03. The van der Waals surface area contributed by atoms with Gasteiger partial charge in [0, 0.05) is 48.1 Å². The van der Waals surface area contributed by atoms with Crippen LogP contribution in [0.3, 0.4) is 0 Å². The Balaban J connectivity index is 1.47. The van der Waals surface area contributed by atoms with E-state index in [4.69, 9.17) is 0 Å². The third-order valence-corrected chi connectivity index (χ3v) is 8.55. The van der Waals surface area contributed by atoms with Crippen LogP contribution in [0, 0.1) is 0 Å². The lowest BCUT2D eigenvalue weighted by atomic mass is 10.2. The normalized spacial score (nSPS) is 14.5. The third-order valence-electron chi connectivity index (χ3n) is 5.59. The Bertz CT molecular complexity index is 1260. The molecule has 1 fully saturated rings. The Labute approximate surface area is 205 Å². The summed E-state index contributed by atoms with van der Waals surface area (Å²) in [6, 6.07) is 23.7. The summed E-state index contributed by atoms with van der Waals surface area (Å²) in [4.78, 5) is 16.2. The molecule has 8 heteroatoms. The number of rotatable bonds is 8. The van der Waals surface area contributed by atoms with Gasteiger partial charge in [-0.15, -0.1) is 18.3 Å². The summed E-state index contributed by atoms with van der Waals surface area (Å²) in [7, 11) is -3.71. The molecule has 3 aromatic carbocycles. The van der Waals surface area contributed by atoms with Gasteiger partial charge in [-0.25, -0.2) is 8.42 Å². The first-order chi connectivity index (χ1) is 16.5. The van der Waals surface area contributed by atoms with Crippen LogP contribution in [0.5, 0.6) is 0 Å². The zero-order valence-corrected chi connectivity index (χ0v) is 20.4. The van der Waals surface area contributed by atoms with E-state index in [1.165, 1.54) is 10.4 Å². The Morgan fingerprint density at radius 3 is 2.38 bits per heavy atom. The molecule has 1 aliphatic rings. The molecule has 0 spiro atoms. The number of hydrogen-bond donors (Lipinski definition) is 1. The van der Waals surface area contributed by atoms with Gasteiger partial charge < -0.3 is 10.2 Å². The van der Waals surface area contributed by atoms with Gasteiger partial charge in [0.15, 0.2) is 0 Å². The van der Waals surface area contributed by atoms with Gasteiger partial charge in [-0.2, -0.15) is 4.31 Å². The molecule has 0 atom stereocenters. The minimum absolute atomic E-state index is 0.127. The lowest BCUT2D eigenvalue weighted by molar-refractivity contribution is 0.102. The molecule has 0 radical (unpaired) electrons. The van der Waals surface area contributed by atoms with E-state index in [1.54, 1.807) is 36.0 Å². The SMILES string of the molecule is C=CCSc1ccccc1NC(=O)c1cccc(S(=O)(=O)N2CCN(c3ccccc3)CC2)c1. The highest BCUT2D eigenvalue weighted by Gasteiger charge is 2.29. The second-order valence-corrected chi connectivity index (χ2v) is 10.8. The van der Waals surface area contributed by atoms with E-state index < -0.39 is 10.0 Å². The molecular formula is C26H27N3O3S2. The van der Waals surface area contributed by atoms with Gasteiger partial charge >= 0.3 is 0 Å². The van der Waals surface area contributed by atoms with Gasteiger partial charge in [0.1, 0.15) is 0 Å². The molecule has 1 amide bonds. The predicted octanol–water partition coefficient (Wildman–Crippen LogP) is 4.73. The number of para-hydroxylation sites is 2. The highest BCUT2D eigenvalue weighted by Crippen LogP contribution is 2.28. The average molecular weight is 494 g/mol. The molecule has 1 saturated heterocycles. The van der Waals surface area contributed by atoms with Crippen molar-refractivity contribution in [1.29, 1.82) is 0 Å². The molecule has 0 bridgehead atoms. The summed E-state index contributed by atoms with van der Waals surface area (Å²) >= 11 is 1.57. The van der Waals surface area contributed by atoms with Crippen molar-refractivity contribution in [2.45, 2.75) is 9.79 Å². The molecule has 6 nitrogen and oxygen atoms in total. The van der Waals surface area contributed by atoms with Crippen LogP contribution in [0.15, 0.2) is 101 Å². The topological polar surface area (TPSA) is 69.7 Å². The largest absolute Gasteiger partial charge is 0.369 e. The summed E-state index contributed by atoms with van der Waals surface area (Å²) in [5.41, 5.74) is 2.07. The van der Waals surface area contributed by atoms with Gasteiger partial charge in [0.25, 0.3) is 5.91 Å². The van der Waals surface area contributed by atoms with Crippen LogP contribution in [0.2, 0.25) is 0 Å². The first-order valence-corrected chi connectivity index (χ1v) is 13.5. The number of sulfonamides is 1. The molecule has 3 aromatic rings. The van der Waals surface area contributed by atoms with Crippen LogP contribution >= 0.6 is 11.8 Å². The smallest absolute Gasteiger partial charge is 0.255 e. The average Bonchev–Trinajstić information content (AvgIpc) is 2.89. The predicted molar refractivity (Wildman–Crippen MR) is 139 cm³/mol. The maximum absolute atomic E-state index is 13.3. The fraction of sp³-hybridized carbons (Fsp3) is 0.192. The zero-order valence-electron chi connectivity index (χ0n) is 18.8. The monoisotopic (exact) mass is 493 g/mol. The molecule has 34 heavy (non-hydrogen) atoms. The minimum Gasteiger partial charge on any atom is -0.369 e. The number of benzene rings is 3. The van der Waals surface area contributed by atoms with E-state index in [9.17, 15) is 13.2 Å². The zero-order chi connectivity index (χ0) is 24.0. The van der Waals surface area contributed by atoms with Crippen molar-refractivity contribution in [2.75, 3.05) is 42.1 Å². The molecule has 1 heterocycles. The first-order valence-electron chi connectivity index (χ1n) is 11.0. The number of amides is 1. The van der Waals surface area contributed by atoms with Crippen LogP contribution in [0.4, 0.5) is 11.4 Å². The van der Waals surface area contributed by atoms with Crippen molar-refractivity contribution in [1.82, 2.24) is 4.31 Å². The molecule has 0 saturated carbocycles. The summed E-state index contributed by atoms with van der Waals surface area (Å²) in [5, 5.41) is 2.91. The van der Waals surface area contributed by atoms with Crippen LogP contribution < -0.4 is 10.2 Å². The number of nitrogens with zero attached hydrogens (tertiary/aromatic N) is 2. The maximum Gasteiger partial charge on any atom is 0.255 e. The Kier molecular flexibility index (Phi) is 7.72. The second kappa shape index (κ2) is 10.9. The van der Waals surface area contributed by atoms with Crippen molar-refractivity contribution < 1.29 is 13.2 Å². The van der Waals surface area contributed by atoms with Crippen molar-refractivity contribution in [3.05, 3.63) is 97.1 Å². The molecule has 4 rings (SSSR count). The van der Waals surface area contributed by atoms with E-state index in [0.717, 1.165) is 16.3 Å². The van der Waals surface area contributed by atoms with Gasteiger partial charge in [0.2, 0.25) is 10.0 Å². The van der Waals surface area contributed by atoms with Crippen molar-refractivity contribution >= 4 is 39.1 Å². The summed E-state index contributed by atoms with van der Waals surface area (Å²) in [6.45, 7) is 5.74. The van der Waals surface area contributed by atoms with Crippen LogP contribution in [-0.2, 0) is 10.0 Å². The molecule has 1 aliphatic heterocycles. The summed E-state index contributed by atoms with van der Waals surface area (Å²) in [5.74, 6) is 0.371. The number of piperazine rings is 1. The number of carbonyl (C=O) groups is 1. The number of thioether (sulfide) groups is 1. The minimum atomic E-state index is -3.71. The number of hydrogen-bond acceptors (Lipinski definition) is 5. The summed E-state index contributed by atoms with van der Waals surface area (Å²) in [6.07, 6.45) is 1.80. The highest BCUT2D eigenvalue weighted by atomic mass is 32.2. The van der Waals surface area contributed by atoms with Crippen LogP contribution in [0.25, 0.3) is 0 Å². The van der Waals surface area contributed by atoms with E-state index in [1.807, 2.05) is 54.6 Å². The molecule has 0 aliphatic carbocycles. The Hall–Kier alpha value is -3.07.